The van der Waals surface area contributed by atoms with Crippen LogP contribution in [0.15, 0.2) is 23.8 Å². The number of aromatic amines is 1. The number of hydrogen-bond donors (Lipinski definition) is 6. The monoisotopic (exact) mass is 709 g/mol. The predicted octanol–water partition coefficient (Wildman–Crippen LogP) is -0.172. The maximum absolute atomic E-state index is 13.6. The second-order valence-corrected chi connectivity index (χ2v) is 17.3. The van der Waals surface area contributed by atoms with Crippen molar-refractivity contribution in [1.82, 2.24) is 39.0 Å². The first-order chi connectivity index (χ1) is 22.3. The molecule has 0 aromatic carbocycles. The van der Waals surface area contributed by atoms with Crippen molar-refractivity contribution in [3.63, 3.8) is 0 Å². The number of aryl methyl sites for hydroxylation is 1. The summed E-state index contributed by atoms with van der Waals surface area (Å²) < 4.78 is 40.1. The summed E-state index contributed by atoms with van der Waals surface area (Å²) in [4.78, 5) is 58.7. The van der Waals surface area contributed by atoms with Crippen LogP contribution >= 0.6 is 14.5 Å². The number of anilines is 1. The van der Waals surface area contributed by atoms with Crippen molar-refractivity contribution in [2.45, 2.75) is 56.3 Å². The predicted molar refractivity (Wildman–Crippen MR) is 162 cm³/mol. The summed E-state index contributed by atoms with van der Waals surface area (Å²) in [5.74, 6) is -0.321. The average molecular weight is 710 g/mol. The molecule has 4 aromatic heterocycles. The third kappa shape index (κ3) is 4.27. The summed E-state index contributed by atoms with van der Waals surface area (Å²) in [5, 5.41) is 23.2. The fraction of sp³-hybridized carbons (Fsp3) is 0.600. The van der Waals surface area contributed by atoms with Gasteiger partial charge in [-0.25, -0.2) is 29.5 Å². The van der Waals surface area contributed by atoms with Crippen LogP contribution in [0, 0.1) is 29.6 Å². The van der Waals surface area contributed by atoms with Crippen LogP contribution in [0.25, 0.3) is 22.3 Å². The van der Waals surface area contributed by atoms with Crippen LogP contribution in [-0.2, 0) is 34.5 Å². The Bertz CT molecular complexity index is 2150. The van der Waals surface area contributed by atoms with E-state index in [2.05, 4.69) is 29.9 Å². The van der Waals surface area contributed by atoms with Gasteiger partial charge in [-0.3, -0.25) is 13.8 Å². The second-order valence-electron chi connectivity index (χ2n) is 13.1. The lowest BCUT2D eigenvalue weighted by Gasteiger charge is -2.31. The zero-order chi connectivity index (χ0) is 32.8. The highest BCUT2D eigenvalue weighted by molar-refractivity contribution is 8.07. The smallest absolute Gasteiger partial charge is 0.390 e. The molecule has 12 atom stereocenters. The number of phosphoric ester groups is 1. The molecule has 5 fully saturated rings. The second kappa shape index (κ2) is 9.70. The van der Waals surface area contributed by atoms with Gasteiger partial charge in [-0.1, -0.05) is 0 Å². The lowest BCUT2D eigenvalue weighted by molar-refractivity contribution is -0.0321. The highest BCUT2D eigenvalue weighted by Crippen LogP contribution is 2.74. The van der Waals surface area contributed by atoms with E-state index in [0.29, 0.717) is 29.8 Å². The maximum atomic E-state index is 13.6. The normalized spacial score (nSPS) is 44.3. The number of nitrogens with two attached hydrogens (primary N) is 1. The van der Waals surface area contributed by atoms with E-state index in [-0.39, 0.29) is 29.5 Å². The number of nitrogen functional groups attached to an aromatic ring is 1. The highest BCUT2D eigenvalue weighted by atomic mass is 32.5. The summed E-state index contributed by atoms with van der Waals surface area (Å²) >= 11 is 5.44. The van der Waals surface area contributed by atoms with Gasteiger partial charge in [0.25, 0.3) is 5.56 Å². The molecule has 7 N–H and O–H groups in total. The van der Waals surface area contributed by atoms with Gasteiger partial charge in [-0.05, 0) is 43.4 Å². The molecule has 2 bridgehead atoms. The molecule has 1 saturated heterocycles. The van der Waals surface area contributed by atoms with E-state index in [0.717, 1.165) is 0 Å². The summed E-state index contributed by atoms with van der Waals surface area (Å²) in [6.07, 6.45) is -0.316. The number of phosphoric acid groups is 1. The molecule has 5 aliphatic rings. The third-order valence-electron chi connectivity index (χ3n) is 10.7. The van der Waals surface area contributed by atoms with Crippen LogP contribution in [0.2, 0.25) is 0 Å². The number of imidazole rings is 2. The molecule has 2 spiro atoms. The van der Waals surface area contributed by atoms with Crippen LogP contribution in [0.3, 0.4) is 0 Å². The molecule has 19 nitrogen and oxygen atoms in total. The SMILES string of the molecule is Cc1nc2c(ncn2[C@H]2[C@@H]3OP(=O)(O)OC[C@@]45C[C@@H]4[C@@H](n4cnc6c(N)ncnc64)[C@H](O)[C@@H]5OP(O)(=S)OC[C@@]4(C[C@H]24)[C@H]3O)c(=O)[nH]1. The zero-order valence-corrected chi connectivity index (χ0v) is 27.0. The van der Waals surface area contributed by atoms with Crippen molar-refractivity contribution in [2.24, 2.45) is 22.7 Å². The van der Waals surface area contributed by atoms with Crippen molar-refractivity contribution < 1.29 is 42.7 Å². The van der Waals surface area contributed by atoms with Crippen LogP contribution in [0.1, 0.15) is 30.7 Å². The molecule has 0 amide bonds. The fourth-order valence-electron chi connectivity index (χ4n) is 8.39. The van der Waals surface area contributed by atoms with Crippen molar-refractivity contribution >= 4 is 54.5 Å². The van der Waals surface area contributed by atoms with Gasteiger partial charge < -0.3 is 48.9 Å². The van der Waals surface area contributed by atoms with Gasteiger partial charge in [0.1, 0.15) is 36.0 Å². The topological polar surface area (TPSA) is 268 Å². The van der Waals surface area contributed by atoms with E-state index in [1.165, 1.54) is 19.0 Å². The molecule has 5 heterocycles. The van der Waals surface area contributed by atoms with Gasteiger partial charge in [0.2, 0.25) is 0 Å². The van der Waals surface area contributed by atoms with Gasteiger partial charge in [0, 0.05) is 10.8 Å². The molecule has 4 saturated carbocycles. The Labute approximate surface area is 269 Å². The Morgan fingerprint density at radius 3 is 2.45 bits per heavy atom. The highest BCUT2D eigenvalue weighted by Gasteiger charge is 2.76. The van der Waals surface area contributed by atoms with Crippen LogP contribution in [0.5, 0.6) is 0 Å². The number of aromatic nitrogens is 8. The van der Waals surface area contributed by atoms with E-state index in [1.807, 2.05) is 0 Å². The van der Waals surface area contributed by atoms with Gasteiger partial charge in [0.05, 0.1) is 44.1 Å². The zero-order valence-electron chi connectivity index (χ0n) is 24.4. The number of fused-ring (bicyclic) bond motifs is 3. The number of rotatable bonds is 2. The van der Waals surface area contributed by atoms with E-state index in [9.17, 15) is 29.4 Å². The Hall–Kier alpha value is -2.74. The maximum Gasteiger partial charge on any atom is 0.472 e. The minimum absolute atomic E-state index is 0.0504. The number of aliphatic hydroxyl groups is 2. The van der Waals surface area contributed by atoms with Crippen LogP contribution in [-0.4, -0.2) is 96.7 Å². The lowest BCUT2D eigenvalue weighted by atomic mass is 10.0. The molecule has 22 heteroatoms. The molecule has 0 radical (unpaired) electrons. The van der Waals surface area contributed by atoms with Crippen molar-refractivity contribution in [2.75, 3.05) is 18.9 Å². The Balaban J connectivity index is 1.09. The molecule has 4 aromatic rings. The Morgan fingerprint density at radius 1 is 0.979 bits per heavy atom. The Kier molecular flexibility index (Phi) is 6.26. The van der Waals surface area contributed by atoms with E-state index in [4.69, 9.17) is 35.6 Å². The third-order valence-corrected chi connectivity index (χ3v) is 13.2. The van der Waals surface area contributed by atoms with E-state index >= 15 is 0 Å². The van der Waals surface area contributed by atoms with Gasteiger partial charge in [-0.15, -0.1) is 0 Å². The number of nitrogens with zero attached hydrogens (tertiary/aromatic N) is 7. The van der Waals surface area contributed by atoms with Crippen molar-refractivity contribution in [3.8, 4) is 0 Å². The van der Waals surface area contributed by atoms with Crippen LogP contribution in [0.4, 0.5) is 5.82 Å². The van der Waals surface area contributed by atoms with Gasteiger partial charge in [0.15, 0.2) is 22.6 Å². The van der Waals surface area contributed by atoms with Gasteiger partial charge >= 0.3 is 14.5 Å². The Morgan fingerprint density at radius 2 is 1.66 bits per heavy atom. The molecule has 4 aliphatic carbocycles. The summed E-state index contributed by atoms with van der Waals surface area (Å²) in [7, 11) is -4.90. The summed E-state index contributed by atoms with van der Waals surface area (Å²) in [6, 6.07) is -1.51. The molecule has 250 valence electrons. The number of aliphatic hydroxyl groups excluding tert-OH is 2. The standard InChI is InChI=1S/C25H29N9O10P2S/c1-9-31-22-13(23(37)32-9)30-8-34(22)15-11-2-24(11)4-42-46(40,47)44-19-16(35)14(33-7-29-12-20(26)27-6-28-21(12)33)10-3-25(10,19)5-41-45(38,39)43-17(15)18(24)36/h6-8,10-11,14-19,35-36H,2-5H2,1H3,(H,38,39)(H,40,47)(H2,26,27,28)(H,31,32,37)/t10-,11-,14-,15-,16+,17+,18+,19+,24-,25+,46?/m1/s1. The fourth-order valence-corrected chi connectivity index (χ4v) is 10.9. The molecule has 9 rings (SSSR count). The molecular weight excluding hydrogens is 680 g/mol. The summed E-state index contributed by atoms with van der Waals surface area (Å²) in [5.41, 5.74) is 4.33. The molecule has 47 heavy (non-hydrogen) atoms. The van der Waals surface area contributed by atoms with Crippen molar-refractivity contribution in [3.05, 3.63) is 35.2 Å². The largest absolute Gasteiger partial charge is 0.472 e. The molecular formula is C25H29N9O10P2S. The first-order valence-corrected chi connectivity index (χ1v) is 18.9. The van der Waals surface area contributed by atoms with Crippen LogP contribution < -0.4 is 11.3 Å². The van der Waals surface area contributed by atoms with Crippen molar-refractivity contribution in [1.29, 1.82) is 0 Å². The first-order valence-electron chi connectivity index (χ1n) is 14.8. The van der Waals surface area contributed by atoms with E-state index in [1.54, 1.807) is 16.1 Å². The minimum Gasteiger partial charge on any atom is -0.390 e. The number of nitrogens with one attached hydrogen (secondary N) is 1. The number of H-pyrrole nitrogens is 1. The minimum atomic E-state index is -4.90. The molecule has 1 aliphatic heterocycles. The van der Waals surface area contributed by atoms with Gasteiger partial charge in [-0.2, -0.15) is 0 Å². The molecule has 2 unspecified atom stereocenters. The average Bonchev–Trinajstić information content (AvgIpc) is 3.71. The lowest BCUT2D eigenvalue weighted by Crippen LogP contribution is -2.38. The number of hydrogen-bond acceptors (Lipinski definition) is 15. The summed E-state index contributed by atoms with van der Waals surface area (Å²) in [6.45, 7) is -3.18. The first kappa shape index (κ1) is 30.3. The quantitative estimate of drug-likeness (QED) is 0.147. The van der Waals surface area contributed by atoms with E-state index < -0.39 is 80.0 Å².